The number of nitrogens with one attached hydrogen (secondary N) is 1. The number of hydrogen-bond acceptors (Lipinski definition) is 3. The zero-order valence-corrected chi connectivity index (χ0v) is 12.5. The maximum absolute atomic E-state index is 12.1. The summed E-state index contributed by atoms with van der Waals surface area (Å²) in [6.45, 7) is 4.72. The van der Waals surface area contributed by atoms with Crippen LogP contribution in [0.25, 0.3) is 0 Å². The van der Waals surface area contributed by atoms with E-state index in [0.29, 0.717) is 18.9 Å². The second kappa shape index (κ2) is 7.04. The van der Waals surface area contributed by atoms with Gasteiger partial charge in [-0.25, -0.2) is 0 Å². The molecule has 5 heteroatoms. The zero-order chi connectivity index (χ0) is 15.2. The number of aromatic nitrogens is 2. The molecule has 0 fully saturated rings. The first kappa shape index (κ1) is 15.3. The van der Waals surface area contributed by atoms with Gasteiger partial charge < -0.3 is 11.1 Å². The lowest BCUT2D eigenvalue weighted by atomic mass is 10.0. The number of rotatable bonds is 6. The highest BCUT2D eigenvalue weighted by molar-refractivity contribution is 5.95. The molecule has 1 aromatic heterocycles. The molecule has 2 rings (SSSR count). The molecule has 1 heterocycles. The Bertz CT molecular complexity index is 578. The van der Waals surface area contributed by atoms with E-state index in [1.165, 1.54) is 0 Å². The molecule has 1 aromatic carbocycles. The number of anilines is 1. The number of para-hydroxylation sites is 1. The van der Waals surface area contributed by atoms with E-state index < -0.39 is 6.04 Å². The Morgan fingerprint density at radius 1 is 1.33 bits per heavy atom. The van der Waals surface area contributed by atoms with Crippen molar-refractivity contribution >= 4 is 11.6 Å². The average molecular weight is 286 g/mol. The second-order valence-electron chi connectivity index (χ2n) is 5.59. The third kappa shape index (κ3) is 4.43. The van der Waals surface area contributed by atoms with E-state index in [0.717, 1.165) is 11.3 Å². The molecule has 0 spiro atoms. The van der Waals surface area contributed by atoms with Crippen LogP contribution in [0, 0.1) is 5.92 Å². The largest absolute Gasteiger partial charge is 0.324 e. The lowest BCUT2D eigenvalue weighted by Gasteiger charge is -2.16. The summed E-state index contributed by atoms with van der Waals surface area (Å²) in [6.07, 6.45) is 4.30. The van der Waals surface area contributed by atoms with Crippen molar-refractivity contribution in [3.05, 3.63) is 48.3 Å². The fourth-order valence-corrected chi connectivity index (χ4v) is 2.19. The first-order valence-corrected chi connectivity index (χ1v) is 7.18. The lowest BCUT2D eigenvalue weighted by Crippen LogP contribution is -2.36. The summed E-state index contributed by atoms with van der Waals surface area (Å²) in [6, 6.07) is 9.10. The molecule has 2 aromatic rings. The first-order valence-electron chi connectivity index (χ1n) is 7.18. The van der Waals surface area contributed by atoms with Crippen LogP contribution in [-0.4, -0.2) is 21.7 Å². The number of benzene rings is 1. The average Bonchev–Trinajstić information content (AvgIpc) is 2.93. The van der Waals surface area contributed by atoms with Gasteiger partial charge >= 0.3 is 0 Å². The van der Waals surface area contributed by atoms with Crippen LogP contribution in [0.4, 0.5) is 5.69 Å². The fraction of sp³-hybridized carbons (Fsp3) is 0.375. The van der Waals surface area contributed by atoms with Gasteiger partial charge in [0.2, 0.25) is 5.91 Å². The molecule has 1 atom stereocenters. The molecule has 0 aliphatic carbocycles. The van der Waals surface area contributed by atoms with Gasteiger partial charge in [0.15, 0.2) is 0 Å². The molecular weight excluding hydrogens is 264 g/mol. The molecule has 1 amide bonds. The minimum atomic E-state index is -0.484. The lowest BCUT2D eigenvalue weighted by molar-refractivity contribution is -0.117. The van der Waals surface area contributed by atoms with E-state index in [1.54, 1.807) is 6.20 Å². The molecule has 0 bridgehead atoms. The quantitative estimate of drug-likeness (QED) is 0.855. The molecule has 0 saturated carbocycles. The Morgan fingerprint density at radius 3 is 2.76 bits per heavy atom. The van der Waals surface area contributed by atoms with Gasteiger partial charge in [0.05, 0.1) is 12.6 Å². The summed E-state index contributed by atoms with van der Waals surface area (Å²) in [5.41, 5.74) is 7.72. The van der Waals surface area contributed by atoms with Crippen LogP contribution in [0.2, 0.25) is 0 Å². The monoisotopic (exact) mass is 286 g/mol. The topological polar surface area (TPSA) is 72.9 Å². The molecule has 112 valence electrons. The maximum Gasteiger partial charge on any atom is 0.241 e. The van der Waals surface area contributed by atoms with Crippen molar-refractivity contribution in [3.63, 3.8) is 0 Å². The molecule has 0 aliphatic rings. The smallest absolute Gasteiger partial charge is 0.241 e. The maximum atomic E-state index is 12.1. The number of nitrogens with two attached hydrogens (primary N) is 1. The Hall–Kier alpha value is -2.14. The van der Waals surface area contributed by atoms with E-state index in [-0.39, 0.29) is 5.91 Å². The molecule has 0 radical (unpaired) electrons. The van der Waals surface area contributed by atoms with E-state index in [2.05, 4.69) is 24.3 Å². The molecule has 0 saturated heterocycles. The second-order valence-corrected chi connectivity index (χ2v) is 5.59. The molecular formula is C16H22N4O. The Morgan fingerprint density at radius 2 is 2.10 bits per heavy atom. The van der Waals surface area contributed by atoms with Crippen molar-refractivity contribution in [2.45, 2.75) is 32.9 Å². The van der Waals surface area contributed by atoms with Crippen LogP contribution >= 0.6 is 0 Å². The van der Waals surface area contributed by atoms with Crippen molar-refractivity contribution in [2.24, 2.45) is 11.7 Å². The molecule has 3 N–H and O–H groups in total. The standard InChI is InChI=1S/C16H22N4O/c1-12(2)10-14(17)16(21)19-15-7-4-3-6-13(15)11-20-9-5-8-18-20/h3-9,12,14H,10-11,17H2,1-2H3,(H,19,21)/t14-/m1/s1. The highest BCUT2D eigenvalue weighted by Crippen LogP contribution is 2.17. The predicted octanol–water partition coefficient (Wildman–Crippen LogP) is 2.24. The molecule has 5 nitrogen and oxygen atoms in total. The zero-order valence-electron chi connectivity index (χ0n) is 12.5. The normalized spacial score (nSPS) is 12.4. The summed E-state index contributed by atoms with van der Waals surface area (Å²) in [5.74, 6) is 0.252. The third-order valence-corrected chi connectivity index (χ3v) is 3.23. The summed E-state index contributed by atoms with van der Waals surface area (Å²) >= 11 is 0. The van der Waals surface area contributed by atoms with Crippen LogP contribution in [0.1, 0.15) is 25.8 Å². The Kier molecular flexibility index (Phi) is 5.11. The number of nitrogens with zero attached hydrogens (tertiary/aromatic N) is 2. The fourth-order valence-electron chi connectivity index (χ4n) is 2.19. The molecule has 21 heavy (non-hydrogen) atoms. The van der Waals surface area contributed by atoms with Crippen molar-refractivity contribution in [1.29, 1.82) is 0 Å². The summed E-state index contributed by atoms with van der Waals surface area (Å²) in [5, 5.41) is 7.11. The van der Waals surface area contributed by atoms with Gasteiger partial charge in [0, 0.05) is 18.1 Å². The van der Waals surface area contributed by atoms with Gasteiger partial charge in [-0.2, -0.15) is 5.10 Å². The van der Waals surface area contributed by atoms with Crippen LogP contribution in [0.15, 0.2) is 42.7 Å². The highest BCUT2D eigenvalue weighted by Gasteiger charge is 2.16. The third-order valence-electron chi connectivity index (χ3n) is 3.23. The van der Waals surface area contributed by atoms with E-state index in [4.69, 9.17) is 5.73 Å². The van der Waals surface area contributed by atoms with Crippen LogP contribution in [0.3, 0.4) is 0 Å². The van der Waals surface area contributed by atoms with E-state index in [1.807, 2.05) is 41.2 Å². The van der Waals surface area contributed by atoms with Crippen LogP contribution in [0.5, 0.6) is 0 Å². The van der Waals surface area contributed by atoms with Gasteiger partial charge in [0.1, 0.15) is 0 Å². The van der Waals surface area contributed by atoms with Gasteiger partial charge in [-0.1, -0.05) is 32.0 Å². The number of carbonyl (C=O) groups excluding carboxylic acids is 1. The van der Waals surface area contributed by atoms with E-state index in [9.17, 15) is 4.79 Å². The van der Waals surface area contributed by atoms with Gasteiger partial charge in [-0.15, -0.1) is 0 Å². The Labute approximate surface area is 125 Å². The van der Waals surface area contributed by atoms with E-state index >= 15 is 0 Å². The van der Waals surface area contributed by atoms with Gasteiger partial charge in [-0.05, 0) is 30.0 Å². The summed E-state index contributed by atoms with van der Waals surface area (Å²) in [4.78, 5) is 12.1. The van der Waals surface area contributed by atoms with Crippen LogP contribution < -0.4 is 11.1 Å². The van der Waals surface area contributed by atoms with Gasteiger partial charge in [0.25, 0.3) is 0 Å². The highest BCUT2D eigenvalue weighted by atomic mass is 16.2. The number of hydrogen-bond donors (Lipinski definition) is 2. The van der Waals surface area contributed by atoms with Crippen LogP contribution in [-0.2, 0) is 11.3 Å². The van der Waals surface area contributed by atoms with Crippen molar-refractivity contribution in [2.75, 3.05) is 5.32 Å². The number of carbonyl (C=O) groups is 1. The summed E-state index contributed by atoms with van der Waals surface area (Å²) < 4.78 is 1.82. The number of amides is 1. The SMILES string of the molecule is CC(C)C[C@@H](N)C(=O)Nc1ccccc1Cn1cccn1. The van der Waals surface area contributed by atoms with Crippen molar-refractivity contribution in [1.82, 2.24) is 9.78 Å². The predicted molar refractivity (Wildman–Crippen MR) is 83.8 cm³/mol. The minimum Gasteiger partial charge on any atom is -0.324 e. The first-order chi connectivity index (χ1) is 10.1. The summed E-state index contributed by atoms with van der Waals surface area (Å²) in [7, 11) is 0. The molecule has 0 aliphatic heterocycles. The van der Waals surface area contributed by atoms with Crippen molar-refractivity contribution < 1.29 is 4.79 Å². The Balaban J connectivity index is 2.07. The van der Waals surface area contributed by atoms with Gasteiger partial charge in [-0.3, -0.25) is 9.48 Å². The van der Waals surface area contributed by atoms with Crippen molar-refractivity contribution in [3.8, 4) is 0 Å². The molecule has 0 unspecified atom stereocenters. The minimum absolute atomic E-state index is 0.142.